The number of aliphatic hydroxyl groups is 1. The first-order chi connectivity index (χ1) is 18.3. The molecule has 2 aromatic carbocycles. The number of rotatable bonds is 9. The van der Waals surface area contributed by atoms with E-state index in [0.717, 1.165) is 51.7 Å². The Morgan fingerprint density at radius 3 is 2.25 bits per heavy atom. The molecule has 40 heavy (non-hydrogen) atoms. The molecule has 0 amide bonds. The molecular formula is C33H41F3IrNO2-. The molecule has 0 spiro atoms. The van der Waals surface area contributed by atoms with Gasteiger partial charge in [0.2, 0.25) is 0 Å². The Kier molecular flexibility index (Phi) is 14.3. The second-order valence-electron chi connectivity index (χ2n) is 10.5. The number of hydrogen-bond acceptors (Lipinski definition) is 3. The molecule has 3 unspecified atom stereocenters. The average molecular weight is 733 g/mol. The van der Waals surface area contributed by atoms with Gasteiger partial charge >= 0.3 is 6.18 Å². The first kappa shape index (κ1) is 35.5. The summed E-state index contributed by atoms with van der Waals surface area (Å²) in [6.07, 6.45) is -0.625. The minimum absolute atomic E-state index is 0. The summed E-state index contributed by atoms with van der Waals surface area (Å²) in [7, 11) is 0. The quantitative estimate of drug-likeness (QED) is 0.136. The molecule has 0 aliphatic heterocycles. The molecule has 3 atom stereocenters. The Morgan fingerprint density at radius 2 is 1.68 bits per heavy atom. The van der Waals surface area contributed by atoms with Gasteiger partial charge in [-0.15, -0.1) is 34.9 Å². The van der Waals surface area contributed by atoms with Gasteiger partial charge < -0.3 is 5.11 Å². The van der Waals surface area contributed by atoms with Crippen LogP contribution in [0.25, 0.3) is 22.2 Å². The Balaban J connectivity index is 0.000000489. The number of aliphatic hydroxyl groups excluding tert-OH is 1. The summed E-state index contributed by atoms with van der Waals surface area (Å²) >= 11 is 0. The third kappa shape index (κ3) is 10.5. The Labute approximate surface area is 250 Å². The first-order valence-electron chi connectivity index (χ1n) is 13.7. The fourth-order valence-electron chi connectivity index (χ4n) is 4.00. The summed E-state index contributed by atoms with van der Waals surface area (Å²) in [5, 5.41) is 10.4. The molecular weight excluding hydrogens is 692 g/mol. The maximum atomic E-state index is 12.8. The number of alkyl halides is 3. The molecule has 3 rings (SSSR count). The summed E-state index contributed by atoms with van der Waals surface area (Å²) in [5.41, 5.74) is 5.66. The first-order valence-corrected chi connectivity index (χ1v) is 13.7. The smallest absolute Gasteiger partial charge is 0.391 e. The van der Waals surface area contributed by atoms with Gasteiger partial charge in [0.05, 0.1) is 17.2 Å². The zero-order chi connectivity index (χ0) is 29.3. The van der Waals surface area contributed by atoms with E-state index in [9.17, 15) is 23.1 Å². The molecule has 0 fully saturated rings. The largest absolute Gasteiger partial charge is 0.512 e. The fraction of sp³-hybridized carbons (Fsp3) is 0.455. The molecule has 3 aromatic rings. The van der Waals surface area contributed by atoms with E-state index < -0.39 is 12.1 Å². The van der Waals surface area contributed by atoms with E-state index in [-0.39, 0.29) is 49.9 Å². The van der Waals surface area contributed by atoms with Crippen molar-refractivity contribution in [1.82, 2.24) is 4.98 Å². The molecule has 221 valence electrons. The van der Waals surface area contributed by atoms with E-state index in [2.05, 4.69) is 12.1 Å². The standard InChI is InChI=1S/C22H21F3N.C11H20O2.Ir/c1-14-11-15(2)13-18(12-14)20-10-9-19-17(5-4-6-21(19)26-20)8-7-16(3)22(23,24)25;1-5-8(3)10(12)7-11(13)9(4)6-2;/h4-6,9-12,16H,7-8H2,1-3H3;7-9,12H,5-6H2,1-4H3;/q-1;;. The van der Waals surface area contributed by atoms with Crippen LogP contribution in [0.3, 0.4) is 0 Å². The van der Waals surface area contributed by atoms with E-state index in [1.54, 1.807) is 0 Å². The second kappa shape index (κ2) is 16.1. The predicted molar refractivity (Wildman–Crippen MR) is 154 cm³/mol. The number of halogens is 3. The normalized spacial score (nSPS) is 14.0. The number of carbonyl (C=O) groups excluding carboxylic acids is 1. The van der Waals surface area contributed by atoms with Crippen LogP contribution in [-0.2, 0) is 31.3 Å². The van der Waals surface area contributed by atoms with Crippen molar-refractivity contribution in [2.45, 2.75) is 80.3 Å². The topological polar surface area (TPSA) is 50.2 Å². The molecule has 1 heterocycles. The minimum Gasteiger partial charge on any atom is -0.512 e. The van der Waals surface area contributed by atoms with Crippen LogP contribution in [-0.4, -0.2) is 22.1 Å². The number of ketones is 1. The second-order valence-corrected chi connectivity index (χ2v) is 10.5. The number of hydrogen-bond donors (Lipinski definition) is 1. The number of allylic oxidation sites excluding steroid dienone is 2. The monoisotopic (exact) mass is 733 g/mol. The average Bonchev–Trinajstić information content (AvgIpc) is 2.89. The summed E-state index contributed by atoms with van der Waals surface area (Å²) in [4.78, 5) is 16.1. The maximum Gasteiger partial charge on any atom is 0.391 e. The number of benzene rings is 2. The molecule has 0 aliphatic carbocycles. The van der Waals surface area contributed by atoms with Crippen LogP contribution >= 0.6 is 0 Å². The van der Waals surface area contributed by atoms with Crippen molar-refractivity contribution in [1.29, 1.82) is 0 Å². The van der Waals surface area contributed by atoms with Gasteiger partial charge in [0.15, 0.2) is 5.78 Å². The number of fused-ring (bicyclic) bond motifs is 1. The van der Waals surface area contributed by atoms with Crippen LogP contribution in [0, 0.1) is 37.7 Å². The molecule has 0 saturated heterocycles. The third-order valence-corrected chi connectivity index (χ3v) is 7.16. The number of carbonyl (C=O) groups is 1. The molecule has 7 heteroatoms. The van der Waals surface area contributed by atoms with Crippen LogP contribution in [0.1, 0.15) is 70.6 Å². The third-order valence-electron chi connectivity index (χ3n) is 7.16. The van der Waals surface area contributed by atoms with Crippen molar-refractivity contribution >= 4 is 16.7 Å². The van der Waals surface area contributed by atoms with Crippen molar-refractivity contribution in [2.24, 2.45) is 17.8 Å². The van der Waals surface area contributed by atoms with Crippen molar-refractivity contribution in [2.75, 3.05) is 0 Å². The molecule has 3 nitrogen and oxygen atoms in total. The minimum atomic E-state index is -4.14. The number of aromatic nitrogens is 1. The van der Waals surface area contributed by atoms with Crippen LogP contribution < -0.4 is 0 Å². The van der Waals surface area contributed by atoms with Crippen LogP contribution in [0.5, 0.6) is 0 Å². The molecule has 0 bridgehead atoms. The SMILES string of the molecule is CCC(C)C(=O)C=C(O)C(C)CC.Cc1[c-]c(-c2ccc3c(CCC(C)C(F)(F)F)cccc3n2)cc(C)c1.[Ir]. The van der Waals surface area contributed by atoms with E-state index in [4.69, 9.17) is 4.98 Å². The molecule has 0 saturated carbocycles. The summed E-state index contributed by atoms with van der Waals surface area (Å²) in [6, 6.07) is 16.9. The van der Waals surface area contributed by atoms with Crippen molar-refractivity contribution in [3.05, 3.63) is 77.1 Å². The van der Waals surface area contributed by atoms with Gasteiger partial charge in [-0.2, -0.15) is 13.2 Å². The number of pyridine rings is 1. The molecule has 1 aromatic heterocycles. The van der Waals surface area contributed by atoms with Crippen molar-refractivity contribution in [3.8, 4) is 11.3 Å². The zero-order valence-corrected chi connectivity index (χ0v) is 26.8. The van der Waals surface area contributed by atoms with Gasteiger partial charge in [0, 0.05) is 43.4 Å². The van der Waals surface area contributed by atoms with E-state index >= 15 is 0 Å². The zero-order valence-electron chi connectivity index (χ0n) is 24.4. The molecule has 1 radical (unpaired) electrons. The van der Waals surface area contributed by atoms with E-state index in [0.29, 0.717) is 6.42 Å². The Hall–Kier alpha value is -2.50. The summed E-state index contributed by atoms with van der Waals surface area (Å²) < 4.78 is 38.3. The predicted octanol–water partition coefficient (Wildman–Crippen LogP) is 9.54. The van der Waals surface area contributed by atoms with Crippen molar-refractivity contribution in [3.63, 3.8) is 0 Å². The van der Waals surface area contributed by atoms with Gasteiger partial charge in [0.25, 0.3) is 0 Å². The summed E-state index contributed by atoms with van der Waals surface area (Å²) in [5.74, 6) is -0.956. The number of aryl methyl sites for hydroxylation is 3. The summed E-state index contributed by atoms with van der Waals surface area (Å²) in [6.45, 7) is 13.0. The van der Waals surface area contributed by atoms with Gasteiger partial charge in [-0.05, 0) is 43.0 Å². The Bertz CT molecular complexity index is 1270. The van der Waals surface area contributed by atoms with Gasteiger partial charge in [-0.25, -0.2) is 0 Å². The van der Waals surface area contributed by atoms with Gasteiger partial charge in [-0.1, -0.05) is 72.7 Å². The van der Waals surface area contributed by atoms with E-state index in [1.165, 1.54) is 13.0 Å². The van der Waals surface area contributed by atoms with Crippen LogP contribution in [0.2, 0.25) is 0 Å². The fourth-order valence-corrected chi connectivity index (χ4v) is 4.00. The van der Waals surface area contributed by atoms with Gasteiger partial charge in [-0.3, -0.25) is 9.78 Å². The Morgan fingerprint density at radius 1 is 1.02 bits per heavy atom. The molecule has 1 N–H and O–H groups in total. The molecule has 0 aliphatic rings. The van der Waals surface area contributed by atoms with E-state index in [1.807, 2.05) is 77.9 Å². The van der Waals surface area contributed by atoms with Crippen molar-refractivity contribution < 1.29 is 43.2 Å². The maximum absolute atomic E-state index is 12.8. The van der Waals surface area contributed by atoms with Crippen LogP contribution in [0.4, 0.5) is 13.2 Å². The van der Waals surface area contributed by atoms with Crippen LogP contribution in [0.15, 0.2) is 54.3 Å². The van der Waals surface area contributed by atoms with Gasteiger partial charge in [0.1, 0.15) is 0 Å². The number of nitrogens with zero attached hydrogens (tertiary/aromatic N) is 1.